The second kappa shape index (κ2) is 9.03. The fraction of sp³-hybridized carbons (Fsp3) is 0.474. The van der Waals surface area contributed by atoms with E-state index in [1.54, 1.807) is 30.5 Å². The Bertz CT molecular complexity index is 714. The summed E-state index contributed by atoms with van der Waals surface area (Å²) in [7, 11) is 0. The van der Waals surface area contributed by atoms with Gasteiger partial charge in [-0.15, -0.1) is 0 Å². The Balaban J connectivity index is 2.13. The van der Waals surface area contributed by atoms with E-state index in [-0.39, 0.29) is 22.8 Å². The Morgan fingerprint density at radius 3 is 2.15 bits per heavy atom. The number of carbonyl (C=O) groups excluding carboxylic acids is 4. The van der Waals surface area contributed by atoms with Crippen molar-refractivity contribution in [2.45, 2.75) is 32.9 Å². The highest BCUT2D eigenvalue weighted by Crippen LogP contribution is 2.26. The maximum Gasteiger partial charge on any atom is 0.331 e. The molecule has 27 heavy (non-hydrogen) atoms. The van der Waals surface area contributed by atoms with Gasteiger partial charge in [-0.1, -0.05) is 26.0 Å². The van der Waals surface area contributed by atoms with Crippen molar-refractivity contribution in [1.82, 2.24) is 10.2 Å². The van der Waals surface area contributed by atoms with E-state index in [0.29, 0.717) is 6.54 Å². The minimum absolute atomic E-state index is 0.185. The number of ether oxygens (including phenoxy) is 1. The van der Waals surface area contributed by atoms with Gasteiger partial charge in [-0.3, -0.25) is 19.3 Å². The molecule has 2 rings (SSSR count). The predicted molar refractivity (Wildman–Crippen MR) is 103 cm³/mol. The third-order valence-corrected chi connectivity index (χ3v) is 4.73. The second-order valence-electron chi connectivity index (χ2n) is 6.72. The van der Waals surface area contributed by atoms with Gasteiger partial charge in [0.15, 0.2) is 6.10 Å². The Kier molecular flexibility index (Phi) is 7.01. The van der Waals surface area contributed by atoms with E-state index < -0.39 is 35.8 Å². The predicted octanol–water partition coefficient (Wildman–Crippen LogP) is 1.72. The van der Waals surface area contributed by atoms with Gasteiger partial charge in [0.2, 0.25) is 0 Å². The number of amides is 3. The molecule has 0 bridgehead atoms. The molecule has 0 saturated carbocycles. The third kappa shape index (κ3) is 4.68. The smallest absolute Gasteiger partial charge is 0.331 e. The highest BCUT2D eigenvalue weighted by molar-refractivity contribution is 7.98. The summed E-state index contributed by atoms with van der Waals surface area (Å²) in [6.07, 6.45) is 0.743. The minimum Gasteiger partial charge on any atom is -0.451 e. The van der Waals surface area contributed by atoms with Gasteiger partial charge >= 0.3 is 5.97 Å². The van der Waals surface area contributed by atoms with E-state index in [1.807, 2.05) is 13.8 Å². The van der Waals surface area contributed by atoms with E-state index in [4.69, 9.17) is 4.74 Å². The minimum atomic E-state index is -1.09. The molecular weight excluding hydrogens is 368 g/mol. The lowest BCUT2D eigenvalue weighted by atomic mass is 10.1. The molecule has 2 atom stereocenters. The molecule has 0 radical (unpaired) electrons. The SMILES string of the molecule is CSC[C@H](C(=O)O[C@@H](C)C(=O)NCC(C)C)N1C(=O)c2ccccc2C1=O. The van der Waals surface area contributed by atoms with Crippen LogP contribution in [-0.2, 0) is 14.3 Å². The summed E-state index contributed by atoms with van der Waals surface area (Å²) in [6, 6.07) is 5.35. The van der Waals surface area contributed by atoms with Crippen LogP contribution in [0.5, 0.6) is 0 Å². The van der Waals surface area contributed by atoms with Crippen LogP contribution in [0, 0.1) is 5.92 Å². The summed E-state index contributed by atoms with van der Waals surface area (Å²) in [6.45, 7) is 5.83. The fourth-order valence-corrected chi connectivity index (χ4v) is 3.25. The highest BCUT2D eigenvalue weighted by atomic mass is 32.2. The van der Waals surface area contributed by atoms with Crippen LogP contribution < -0.4 is 5.32 Å². The number of carbonyl (C=O) groups is 4. The molecule has 0 saturated heterocycles. The number of hydrogen-bond acceptors (Lipinski definition) is 6. The van der Waals surface area contributed by atoms with Crippen molar-refractivity contribution in [3.63, 3.8) is 0 Å². The zero-order valence-electron chi connectivity index (χ0n) is 15.9. The monoisotopic (exact) mass is 392 g/mol. The summed E-state index contributed by atoms with van der Waals surface area (Å²) in [5.41, 5.74) is 0.535. The normalized spacial score (nSPS) is 15.5. The van der Waals surface area contributed by atoms with E-state index in [9.17, 15) is 19.2 Å². The van der Waals surface area contributed by atoms with Gasteiger partial charge in [0.05, 0.1) is 11.1 Å². The fourth-order valence-electron chi connectivity index (χ4n) is 2.65. The molecule has 0 spiro atoms. The Morgan fingerprint density at radius 1 is 1.11 bits per heavy atom. The number of benzene rings is 1. The van der Waals surface area contributed by atoms with Gasteiger partial charge < -0.3 is 10.1 Å². The van der Waals surface area contributed by atoms with Gasteiger partial charge in [-0.25, -0.2) is 4.79 Å². The Labute approximate surface area is 162 Å². The van der Waals surface area contributed by atoms with Crippen molar-refractivity contribution in [2.24, 2.45) is 5.92 Å². The summed E-state index contributed by atoms with van der Waals surface area (Å²) < 4.78 is 5.26. The molecule has 1 N–H and O–H groups in total. The number of esters is 1. The lowest BCUT2D eigenvalue weighted by molar-refractivity contribution is -0.157. The lowest BCUT2D eigenvalue weighted by Gasteiger charge is -2.25. The van der Waals surface area contributed by atoms with E-state index in [1.165, 1.54) is 18.7 Å². The average molecular weight is 392 g/mol. The van der Waals surface area contributed by atoms with E-state index >= 15 is 0 Å². The molecule has 7 nitrogen and oxygen atoms in total. The molecule has 1 aliphatic rings. The Morgan fingerprint density at radius 2 is 1.67 bits per heavy atom. The largest absolute Gasteiger partial charge is 0.451 e. The lowest BCUT2D eigenvalue weighted by Crippen LogP contribution is -2.49. The van der Waals surface area contributed by atoms with Crippen LogP contribution in [0.3, 0.4) is 0 Å². The topological polar surface area (TPSA) is 92.8 Å². The number of thioether (sulfide) groups is 1. The average Bonchev–Trinajstić information content (AvgIpc) is 2.88. The van der Waals surface area contributed by atoms with Crippen LogP contribution in [0.4, 0.5) is 0 Å². The van der Waals surface area contributed by atoms with Crippen LogP contribution in [0.1, 0.15) is 41.5 Å². The number of fused-ring (bicyclic) bond motifs is 1. The number of imide groups is 1. The molecular formula is C19H24N2O5S. The van der Waals surface area contributed by atoms with Gasteiger partial charge in [0.1, 0.15) is 6.04 Å². The molecule has 0 fully saturated rings. The molecule has 1 aromatic carbocycles. The number of rotatable bonds is 8. The molecule has 3 amide bonds. The molecule has 0 aliphatic carbocycles. The second-order valence-corrected chi connectivity index (χ2v) is 7.63. The van der Waals surface area contributed by atoms with Crippen LogP contribution in [0.25, 0.3) is 0 Å². The molecule has 1 aliphatic heterocycles. The summed E-state index contributed by atoms with van der Waals surface area (Å²) in [5.74, 6) is -1.79. The summed E-state index contributed by atoms with van der Waals surface area (Å²) in [5, 5.41) is 2.69. The van der Waals surface area contributed by atoms with Gasteiger partial charge in [-0.05, 0) is 31.2 Å². The van der Waals surface area contributed by atoms with Crippen molar-refractivity contribution < 1.29 is 23.9 Å². The quantitative estimate of drug-likeness (QED) is 0.535. The Hall–Kier alpha value is -2.35. The number of hydrogen-bond donors (Lipinski definition) is 1. The first kappa shape index (κ1) is 21.0. The highest BCUT2D eigenvalue weighted by Gasteiger charge is 2.43. The van der Waals surface area contributed by atoms with Crippen molar-refractivity contribution in [2.75, 3.05) is 18.6 Å². The first-order valence-electron chi connectivity index (χ1n) is 8.72. The van der Waals surface area contributed by atoms with Crippen LogP contribution >= 0.6 is 11.8 Å². The molecule has 0 aromatic heterocycles. The van der Waals surface area contributed by atoms with E-state index in [0.717, 1.165) is 4.90 Å². The molecule has 1 aromatic rings. The number of nitrogens with zero attached hydrogens (tertiary/aromatic N) is 1. The molecule has 146 valence electrons. The summed E-state index contributed by atoms with van der Waals surface area (Å²) in [4.78, 5) is 50.9. The van der Waals surface area contributed by atoms with Crippen molar-refractivity contribution in [3.8, 4) is 0 Å². The van der Waals surface area contributed by atoms with Crippen molar-refractivity contribution >= 4 is 35.5 Å². The van der Waals surface area contributed by atoms with Crippen LogP contribution in [0.2, 0.25) is 0 Å². The summed E-state index contributed by atoms with van der Waals surface area (Å²) >= 11 is 1.31. The van der Waals surface area contributed by atoms with Crippen LogP contribution in [-0.4, -0.2) is 59.3 Å². The third-order valence-electron chi connectivity index (χ3n) is 4.08. The maximum absolute atomic E-state index is 12.7. The number of nitrogens with one attached hydrogen (secondary N) is 1. The zero-order chi connectivity index (χ0) is 20.1. The van der Waals surface area contributed by atoms with Gasteiger partial charge in [0, 0.05) is 12.3 Å². The van der Waals surface area contributed by atoms with Crippen LogP contribution in [0.15, 0.2) is 24.3 Å². The first-order chi connectivity index (χ1) is 12.8. The van der Waals surface area contributed by atoms with Gasteiger partial charge in [-0.2, -0.15) is 11.8 Å². The molecule has 0 unspecified atom stereocenters. The van der Waals surface area contributed by atoms with Gasteiger partial charge in [0.25, 0.3) is 17.7 Å². The first-order valence-corrected chi connectivity index (χ1v) is 10.1. The zero-order valence-corrected chi connectivity index (χ0v) is 16.7. The standard InChI is InChI=1S/C19H24N2O5S/c1-11(2)9-20-16(22)12(3)26-19(25)15(10-27-4)21-17(23)13-7-5-6-8-14(13)18(21)24/h5-8,11-12,15H,9-10H2,1-4H3,(H,20,22)/t12-,15+/m0/s1. The van der Waals surface area contributed by atoms with Crippen molar-refractivity contribution in [1.29, 1.82) is 0 Å². The molecule has 1 heterocycles. The van der Waals surface area contributed by atoms with Crippen molar-refractivity contribution in [3.05, 3.63) is 35.4 Å². The van der Waals surface area contributed by atoms with E-state index in [2.05, 4.69) is 5.32 Å². The maximum atomic E-state index is 12.7. The molecule has 8 heteroatoms.